The van der Waals surface area contributed by atoms with Gasteiger partial charge < -0.3 is 15.3 Å². The second kappa shape index (κ2) is 14.4. The predicted octanol–water partition coefficient (Wildman–Crippen LogP) is 5.67. The molecule has 140 valence electrons. The Morgan fingerprint density at radius 1 is 0.958 bits per heavy atom. The van der Waals surface area contributed by atoms with E-state index in [1.165, 1.54) is 77.0 Å². The van der Waals surface area contributed by atoms with E-state index in [2.05, 4.69) is 24.4 Å². The van der Waals surface area contributed by atoms with Crippen LogP contribution in [0.1, 0.15) is 97.3 Å². The number of aliphatic hydroxyl groups is 1. The highest BCUT2D eigenvalue weighted by molar-refractivity contribution is 4.98. The van der Waals surface area contributed by atoms with Crippen LogP contribution in [-0.4, -0.2) is 22.4 Å². The molecule has 1 rings (SSSR count). The van der Waals surface area contributed by atoms with Crippen molar-refractivity contribution in [2.24, 2.45) is 0 Å². The second-order valence-electron chi connectivity index (χ2n) is 7.11. The third-order valence-electron chi connectivity index (χ3n) is 4.83. The number of hydrogen-bond donors (Lipinski definition) is 2. The van der Waals surface area contributed by atoms with Gasteiger partial charge in [-0.2, -0.15) is 0 Å². The van der Waals surface area contributed by atoms with Crippen molar-refractivity contribution in [3.8, 4) is 0 Å². The number of nitrogens with one attached hydrogen (secondary N) is 1. The standard InChI is InChI=1S/C21H40N2O/c1-3-4-5-6-7-8-9-10-11-12-13-14-15-16-17-21-22-18-19-23(21)20(2)24/h15-16,18-22,24H,3-14,17H2,1-2H3/b16-15+. The van der Waals surface area contributed by atoms with Gasteiger partial charge in [0.25, 0.3) is 0 Å². The highest BCUT2D eigenvalue weighted by Crippen LogP contribution is 2.14. The lowest BCUT2D eigenvalue weighted by atomic mass is 10.1. The van der Waals surface area contributed by atoms with Gasteiger partial charge in [0.1, 0.15) is 12.4 Å². The quantitative estimate of drug-likeness (QED) is 0.298. The van der Waals surface area contributed by atoms with E-state index >= 15 is 0 Å². The van der Waals surface area contributed by atoms with Crippen molar-refractivity contribution in [2.75, 3.05) is 0 Å². The fraction of sp³-hybridized carbons (Fsp3) is 0.810. The van der Waals surface area contributed by atoms with E-state index < -0.39 is 6.23 Å². The van der Waals surface area contributed by atoms with Crippen molar-refractivity contribution in [1.29, 1.82) is 0 Å². The molecule has 0 radical (unpaired) electrons. The highest BCUT2D eigenvalue weighted by atomic mass is 16.3. The summed E-state index contributed by atoms with van der Waals surface area (Å²) >= 11 is 0. The minimum Gasteiger partial charge on any atom is -0.374 e. The predicted molar refractivity (Wildman–Crippen MR) is 104 cm³/mol. The monoisotopic (exact) mass is 336 g/mol. The van der Waals surface area contributed by atoms with Crippen molar-refractivity contribution in [3.05, 3.63) is 24.6 Å². The molecular weight excluding hydrogens is 296 g/mol. The lowest BCUT2D eigenvalue weighted by Gasteiger charge is -2.27. The molecule has 1 aliphatic rings. The normalized spacial score (nSPS) is 18.5. The molecule has 0 saturated carbocycles. The molecule has 0 bridgehead atoms. The van der Waals surface area contributed by atoms with Crippen LogP contribution in [0.15, 0.2) is 24.6 Å². The first-order chi connectivity index (χ1) is 11.8. The third-order valence-corrected chi connectivity index (χ3v) is 4.83. The van der Waals surface area contributed by atoms with Crippen LogP contribution in [0.25, 0.3) is 0 Å². The fourth-order valence-corrected chi connectivity index (χ4v) is 3.27. The van der Waals surface area contributed by atoms with Crippen molar-refractivity contribution >= 4 is 0 Å². The zero-order chi connectivity index (χ0) is 17.5. The first-order valence-corrected chi connectivity index (χ1v) is 10.3. The molecule has 0 saturated heterocycles. The zero-order valence-corrected chi connectivity index (χ0v) is 16.1. The van der Waals surface area contributed by atoms with Crippen molar-refractivity contribution in [3.63, 3.8) is 0 Å². The third kappa shape index (κ3) is 10.0. The minimum absolute atomic E-state index is 0.207. The van der Waals surface area contributed by atoms with Gasteiger partial charge in [-0.1, -0.05) is 83.3 Å². The van der Waals surface area contributed by atoms with Crippen LogP contribution in [-0.2, 0) is 0 Å². The molecule has 1 aliphatic heterocycles. The van der Waals surface area contributed by atoms with Crippen molar-refractivity contribution in [2.45, 2.75) is 110 Å². The van der Waals surface area contributed by atoms with Crippen molar-refractivity contribution < 1.29 is 5.11 Å². The molecule has 0 aromatic heterocycles. The summed E-state index contributed by atoms with van der Waals surface area (Å²) in [6, 6.07) is 0. The first-order valence-electron chi connectivity index (χ1n) is 10.3. The second-order valence-corrected chi connectivity index (χ2v) is 7.11. The topological polar surface area (TPSA) is 35.5 Å². The SMILES string of the molecule is CCCCCCCCCCCCC/C=C/CC1NC=CN1C(C)O. The maximum Gasteiger partial charge on any atom is 0.125 e. The van der Waals surface area contributed by atoms with Crippen LogP contribution >= 0.6 is 0 Å². The molecule has 3 nitrogen and oxygen atoms in total. The van der Waals surface area contributed by atoms with Crippen molar-refractivity contribution in [1.82, 2.24) is 10.2 Å². The van der Waals surface area contributed by atoms with Crippen LogP contribution in [0.3, 0.4) is 0 Å². The number of nitrogens with zero attached hydrogens (tertiary/aromatic N) is 1. The average molecular weight is 337 g/mol. The van der Waals surface area contributed by atoms with Crippen LogP contribution in [0.4, 0.5) is 0 Å². The lowest BCUT2D eigenvalue weighted by molar-refractivity contribution is 0.0293. The largest absolute Gasteiger partial charge is 0.374 e. The van der Waals surface area contributed by atoms with Crippen LogP contribution < -0.4 is 5.32 Å². The van der Waals surface area contributed by atoms with E-state index in [-0.39, 0.29) is 6.17 Å². The summed E-state index contributed by atoms with van der Waals surface area (Å²) in [6.07, 6.45) is 25.7. The maximum absolute atomic E-state index is 9.65. The number of unbranched alkanes of at least 4 members (excludes halogenated alkanes) is 11. The van der Waals surface area contributed by atoms with Gasteiger partial charge in [-0.3, -0.25) is 0 Å². The number of hydrogen-bond acceptors (Lipinski definition) is 3. The fourth-order valence-electron chi connectivity index (χ4n) is 3.27. The maximum atomic E-state index is 9.65. The van der Waals surface area contributed by atoms with Gasteiger partial charge in [0.05, 0.1) is 0 Å². The Kier molecular flexibility index (Phi) is 12.6. The Morgan fingerprint density at radius 3 is 2.12 bits per heavy atom. The molecule has 0 aromatic carbocycles. The zero-order valence-electron chi connectivity index (χ0n) is 16.1. The van der Waals surface area contributed by atoms with Crippen LogP contribution in [0, 0.1) is 0 Å². The molecule has 0 aliphatic carbocycles. The smallest absolute Gasteiger partial charge is 0.125 e. The number of allylic oxidation sites excluding steroid dienone is 1. The summed E-state index contributed by atoms with van der Waals surface area (Å²) in [6.45, 7) is 4.08. The van der Waals surface area contributed by atoms with E-state index in [4.69, 9.17) is 0 Å². The molecule has 2 N–H and O–H groups in total. The molecule has 0 aromatic rings. The van der Waals surface area contributed by atoms with Gasteiger partial charge in [-0.15, -0.1) is 0 Å². The summed E-state index contributed by atoms with van der Waals surface area (Å²) in [5, 5.41) is 12.9. The van der Waals surface area contributed by atoms with E-state index in [0.717, 1.165) is 6.42 Å². The highest BCUT2D eigenvalue weighted by Gasteiger charge is 2.20. The van der Waals surface area contributed by atoms with E-state index in [1.807, 2.05) is 17.3 Å². The molecule has 0 amide bonds. The summed E-state index contributed by atoms with van der Waals surface area (Å²) in [5.41, 5.74) is 0. The Hall–Kier alpha value is -0.960. The van der Waals surface area contributed by atoms with Crippen LogP contribution in [0.5, 0.6) is 0 Å². The molecule has 2 unspecified atom stereocenters. The van der Waals surface area contributed by atoms with E-state index in [0.29, 0.717) is 0 Å². The van der Waals surface area contributed by atoms with E-state index in [1.54, 1.807) is 6.92 Å². The lowest BCUT2D eigenvalue weighted by Crippen LogP contribution is -2.40. The van der Waals surface area contributed by atoms with E-state index in [9.17, 15) is 5.11 Å². The van der Waals surface area contributed by atoms with Gasteiger partial charge in [0, 0.05) is 18.8 Å². The Bertz CT molecular complexity index is 339. The Morgan fingerprint density at radius 2 is 1.54 bits per heavy atom. The van der Waals surface area contributed by atoms with Gasteiger partial charge >= 0.3 is 0 Å². The molecule has 3 heteroatoms. The van der Waals surface area contributed by atoms with Crippen LogP contribution in [0.2, 0.25) is 0 Å². The molecule has 1 heterocycles. The number of aliphatic hydroxyl groups excluding tert-OH is 1. The molecule has 2 atom stereocenters. The molecular formula is C21H40N2O. The Balaban J connectivity index is 1.85. The molecule has 0 spiro atoms. The van der Waals surface area contributed by atoms with Gasteiger partial charge in [-0.25, -0.2) is 0 Å². The summed E-state index contributed by atoms with van der Waals surface area (Å²) in [5.74, 6) is 0. The Labute approximate surface area is 150 Å². The first kappa shape index (κ1) is 21.1. The number of rotatable bonds is 15. The molecule has 24 heavy (non-hydrogen) atoms. The summed E-state index contributed by atoms with van der Waals surface area (Å²) in [7, 11) is 0. The van der Waals surface area contributed by atoms with Gasteiger partial charge in [-0.05, 0) is 19.8 Å². The molecule has 0 fully saturated rings. The minimum atomic E-state index is -0.429. The average Bonchev–Trinajstić information content (AvgIpc) is 3.04. The summed E-state index contributed by atoms with van der Waals surface area (Å²) < 4.78 is 0. The van der Waals surface area contributed by atoms with Gasteiger partial charge in [0.15, 0.2) is 0 Å². The van der Waals surface area contributed by atoms with Gasteiger partial charge in [0.2, 0.25) is 0 Å². The summed E-state index contributed by atoms with van der Waals surface area (Å²) in [4.78, 5) is 1.95.